The number of nitro benzene ring substituents is 1. The van der Waals surface area contributed by atoms with Gasteiger partial charge in [0.25, 0.3) is 15.8 Å². The van der Waals surface area contributed by atoms with Crippen LogP contribution in [0.25, 0.3) is 0 Å². The van der Waals surface area contributed by atoms with Gasteiger partial charge in [-0.1, -0.05) is 13.8 Å². The summed E-state index contributed by atoms with van der Waals surface area (Å²) in [7, 11) is -3.09. The Bertz CT molecular complexity index is 637. The maximum absolute atomic E-state index is 12.1. The van der Waals surface area contributed by atoms with Crippen molar-refractivity contribution < 1.29 is 27.1 Å². The summed E-state index contributed by atoms with van der Waals surface area (Å²) in [5.74, 6) is -0.782. The van der Waals surface area contributed by atoms with Crippen LogP contribution in [0.2, 0.25) is 0 Å². The Morgan fingerprint density at radius 2 is 1.82 bits per heavy atom. The first kappa shape index (κ1) is 18.1. The molecule has 0 heterocycles. The molecular weight excluding hydrogens is 314 g/mol. The maximum Gasteiger partial charge on any atom is 0.336 e. The van der Waals surface area contributed by atoms with E-state index in [0.717, 1.165) is 31.4 Å². The highest BCUT2D eigenvalue weighted by Crippen LogP contribution is 2.21. The second kappa shape index (κ2) is 7.32. The number of hydrogen-bond acceptors (Lipinski definition) is 7. The second-order valence-corrected chi connectivity index (χ2v) is 6.51. The smallest absolute Gasteiger partial charge is 0.336 e. The molecule has 0 aliphatic rings. The number of methoxy groups -OCH3 is 1. The Morgan fingerprint density at radius 3 is 2.23 bits per heavy atom. The maximum atomic E-state index is 12.1. The number of nitrogens with zero attached hydrogens (tertiary/aromatic N) is 1. The largest absolute Gasteiger partial charge is 0.467 e. The molecule has 0 spiro atoms. The van der Waals surface area contributed by atoms with Crippen LogP contribution in [-0.4, -0.2) is 32.5 Å². The summed E-state index contributed by atoms with van der Waals surface area (Å²) in [5.41, 5.74) is -0.245. The van der Waals surface area contributed by atoms with Gasteiger partial charge in [-0.25, -0.2) is 4.79 Å². The normalized spacial score (nSPS) is 12.9. The third-order valence-electron chi connectivity index (χ3n) is 2.73. The molecule has 122 valence electrons. The van der Waals surface area contributed by atoms with E-state index in [-0.39, 0.29) is 22.9 Å². The quantitative estimate of drug-likeness (QED) is 0.324. The zero-order valence-corrected chi connectivity index (χ0v) is 13.2. The first-order valence-corrected chi connectivity index (χ1v) is 7.83. The molecule has 1 aromatic rings. The number of benzene rings is 1. The van der Waals surface area contributed by atoms with E-state index >= 15 is 0 Å². The molecule has 0 aromatic heterocycles. The van der Waals surface area contributed by atoms with Crippen LogP contribution in [-0.2, 0) is 23.8 Å². The van der Waals surface area contributed by atoms with Crippen LogP contribution in [0.5, 0.6) is 0 Å². The van der Waals surface area contributed by atoms with Crippen molar-refractivity contribution in [3.8, 4) is 0 Å². The monoisotopic (exact) mass is 331 g/mol. The highest BCUT2D eigenvalue weighted by atomic mass is 32.2. The van der Waals surface area contributed by atoms with E-state index in [1.54, 1.807) is 13.8 Å². The summed E-state index contributed by atoms with van der Waals surface area (Å²) in [6.45, 7) is 3.61. The molecule has 0 unspecified atom stereocenters. The minimum absolute atomic E-state index is 0.0103. The molecule has 1 rings (SSSR count). The summed E-state index contributed by atoms with van der Waals surface area (Å²) < 4.78 is 33.7. The lowest BCUT2D eigenvalue weighted by atomic mass is 10.1. The van der Waals surface area contributed by atoms with E-state index in [0.29, 0.717) is 0 Å². The van der Waals surface area contributed by atoms with Crippen molar-refractivity contribution in [1.29, 1.82) is 0 Å². The number of hydrogen-bond donors (Lipinski definition) is 0. The van der Waals surface area contributed by atoms with Crippen molar-refractivity contribution in [2.24, 2.45) is 5.92 Å². The number of carbonyl (C=O) groups is 1. The summed E-state index contributed by atoms with van der Waals surface area (Å²) in [4.78, 5) is 21.2. The minimum Gasteiger partial charge on any atom is -0.467 e. The molecule has 1 atom stereocenters. The average molecular weight is 331 g/mol. The Morgan fingerprint density at radius 1 is 1.27 bits per heavy atom. The van der Waals surface area contributed by atoms with Crippen molar-refractivity contribution in [3.63, 3.8) is 0 Å². The van der Waals surface area contributed by atoms with E-state index in [1.807, 2.05) is 0 Å². The molecule has 0 aliphatic heterocycles. The topological polar surface area (TPSA) is 113 Å². The molecule has 0 saturated heterocycles. The van der Waals surface area contributed by atoms with Gasteiger partial charge in [-0.3, -0.25) is 14.3 Å². The van der Waals surface area contributed by atoms with Gasteiger partial charge in [0.15, 0.2) is 6.10 Å². The van der Waals surface area contributed by atoms with Crippen molar-refractivity contribution in [2.45, 2.75) is 31.3 Å². The van der Waals surface area contributed by atoms with Crippen molar-refractivity contribution >= 4 is 21.8 Å². The lowest BCUT2D eigenvalue weighted by Gasteiger charge is -2.17. The summed E-state index contributed by atoms with van der Waals surface area (Å²) in [6, 6.07) is 4.20. The molecule has 22 heavy (non-hydrogen) atoms. The van der Waals surface area contributed by atoms with Gasteiger partial charge in [0.2, 0.25) is 0 Å². The fraction of sp³-hybridized carbons (Fsp3) is 0.462. The van der Waals surface area contributed by atoms with E-state index < -0.39 is 27.1 Å². The van der Waals surface area contributed by atoms with Crippen LogP contribution >= 0.6 is 0 Å². The zero-order chi connectivity index (χ0) is 16.9. The minimum atomic E-state index is -4.23. The number of nitro groups is 1. The third kappa shape index (κ3) is 4.78. The predicted octanol–water partition coefficient (Wildman–Crippen LogP) is 1.89. The van der Waals surface area contributed by atoms with Crippen molar-refractivity contribution in [3.05, 3.63) is 34.4 Å². The number of non-ortho nitro benzene ring substituents is 1. The number of rotatable bonds is 7. The number of carbonyl (C=O) groups excluding carboxylic acids is 1. The SMILES string of the molecule is COC(=O)[C@@H](CC(C)C)OS(=O)(=O)c1ccc([N+](=O)[O-])cc1. The average Bonchev–Trinajstić information content (AvgIpc) is 2.45. The lowest BCUT2D eigenvalue weighted by molar-refractivity contribution is -0.384. The fourth-order valence-corrected chi connectivity index (χ4v) is 2.72. The molecular formula is C13H17NO7S. The Labute approximate surface area is 128 Å². The van der Waals surface area contributed by atoms with E-state index in [2.05, 4.69) is 4.74 Å². The fourth-order valence-electron chi connectivity index (χ4n) is 1.68. The van der Waals surface area contributed by atoms with Crippen LogP contribution < -0.4 is 0 Å². The molecule has 0 N–H and O–H groups in total. The first-order valence-electron chi connectivity index (χ1n) is 6.43. The highest BCUT2D eigenvalue weighted by Gasteiger charge is 2.29. The highest BCUT2D eigenvalue weighted by molar-refractivity contribution is 7.86. The van der Waals surface area contributed by atoms with Gasteiger partial charge in [0, 0.05) is 12.1 Å². The van der Waals surface area contributed by atoms with Gasteiger partial charge < -0.3 is 4.74 Å². The van der Waals surface area contributed by atoms with Gasteiger partial charge in [0.05, 0.1) is 16.9 Å². The standard InChI is InChI=1S/C13H17NO7S/c1-9(2)8-12(13(15)20-3)21-22(18,19)11-6-4-10(5-7-11)14(16)17/h4-7,9,12H,8H2,1-3H3/t12-/m1/s1. The number of esters is 1. The first-order chi connectivity index (χ1) is 10.2. The molecule has 0 amide bonds. The van der Waals surface area contributed by atoms with Crippen LogP contribution in [0.1, 0.15) is 20.3 Å². The van der Waals surface area contributed by atoms with Crippen LogP contribution in [0.4, 0.5) is 5.69 Å². The van der Waals surface area contributed by atoms with Crippen LogP contribution in [0.15, 0.2) is 29.2 Å². The Balaban J connectivity index is 3.01. The Hall–Kier alpha value is -2.00. The molecule has 0 bridgehead atoms. The third-order valence-corrected chi connectivity index (χ3v) is 4.06. The number of ether oxygens (including phenoxy) is 1. The summed E-state index contributed by atoms with van der Waals surface area (Å²) in [6.07, 6.45) is -1.09. The van der Waals surface area contributed by atoms with Crippen LogP contribution in [0, 0.1) is 16.0 Å². The van der Waals surface area contributed by atoms with Crippen LogP contribution in [0.3, 0.4) is 0 Å². The second-order valence-electron chi connectivity index (χ2n) is 4.94. The van der Waals surface area contributed by atoms with Gasteiger partial charge in [-0.15, -0.1) is 0 Å². The van der Waals surface area contributed by atoms with Crippen molar-refractivity contribution in [1.82, 2.24) is 0 Å². The Kier molecular flexibility index (Phi) is 6.01. The van der Waals surface area contributed by atoms with Gasteiger partial charge >= 0.3 is 5.97 Å². The zero-order valence-electron chi connectivity index (χ0n) is 12.4. The summed E-state index contributed by atoms with van der Waals surface area (Å²) in [5, 5.41) is 10.6. The van der Waals surface area contributed by atoms with E-state index in [1.165, 1.54) is 0 Å². The molecule has 9 heteroatoms. The molecule has 0 radical (unpaired) electrons. The van der Waals surface area contributed by atoms with Gasteiger partial charge in [0.1, 0.15) is 0 Å². The molecule has 0 saturated carbocycles. The van der Waals surface area contributed by atoms with E-state index in [9.17, 15) is 23.3 Å². The molecule has 8 nitrogen and oxygen atoms in total. The van der Waals surface area contributed by atoms with Gasteiger partial charge in [-0.2, -0.15) is 8.42 Å². The predicted molar refractivity (Wildman–Crippen MR) is 76.6 cm³/mol. The molecule has 0 fully saturated rings. The van der Waals surface area contributed by atoms with Gasteiger partial charge in [-0.05, 0) is 24.5 Å². The van der Waals surface area contributed by atoms with E-state index in [4.69, 9.17) is 4.18 Å². The molecule has 1 aromatic carbocycles. The molecule has 0 aliphatic carbocycles. The lowest BCUT2D eigenvalue weighted by Crippen LogP contribution is -2.30. The van der Waals surface area contributed by atoms with Crippen molar-refractivity contribution in [2.75, 3.05) is 7.11 Å². The summed E-state index contributed by atoms with van der Waals surface area (Å²) >= 11 is 0.